The largest absolute Gasteiger partial charge is 0.487 e. The second-order valence-electron chi connectivity index (χ2n) is 4.15. The normalized spacial score (nSPS) is 11.5. The number of rotatable bonds is 4. The quantitative estimate of drug-likeness (QED) is 0.369. The molecule has 0 saturated heterocycles. The predicted octanol–water partition coefficient (Wildman–Crippen LogP) is 3.92. The summed E-state index contributed by atoms with van der Waals surface area (Å²) in [4.78, 5) is 0. The Labute approximate surface area is 134 Å². The molecule has 0 amide bonds. The molecule has 0 aliphatic heterocycles. The Bertz CT molecular complexity index is 695. The average Bonchev–Trinajstić information content (AvgIpc) is 2.46. The van der Waals surface area contributed by atoms with Gasteiger partial charge in [0.1, 0.15) is 18.2 Å². The van der Waals surface area contributed by atoms with Gasteiger partial charge in [-0.1, -0.05) is 38.8 Å². The fourth-order valence-electron chi connectivity index (χ4n) is 1.71. The molecule has 0 aromatic heterocycles. The van der Waals surface area contributed by atoms with Crippen LogP contribution in [0.3, 0.4) is 0 Å². The predicted molar refractivity (Wildman–Crippen MR) is 82.4 cm³/mol. The van der Waals surface area contributed by atoms with E-state index in [0.717, 1.165) is 4.47 Å². The second kappa shape index (κ2) is 6.78. The van der Waals surface area contributed by atoms with E-state index >= 15 is 0 Å². The standard InChI is InChI=1S/C14H11BrClFN2O2/c15-9-2-4-13(12(16)5-9)21-7-8-1-3-10(17)6-11(8)14(18)19-20/h1-6,20H,7H2,(H2,18,19). The van der Waals surface area contributed by atoms with Gasteiger partial charge in [0, 0.05) is 15.6 Å². The van der Waals surface area contributed by atoms with Crippen LogP contribution in [0.15, 0.2) is 46.0 Å². The summed E-state index contributed by atoms with van der Waals surface area (Å²) in [7, 11) is 0. The van der Waals surface area contributed by atoms with Crippen molar-refractivity contribution in [3.8, 4) is 5.75 Å². The van der Waals surface area contributed by atoms with E-state index in [-0.39, 0.29) is 18.0 Å². The molecular formula is C14H11BrClFN2O2. The van der Waals surface area contributed by atoms with Crippen molar-refractivity contribution in [1.82, 2.24) is 0 Å². The molecule has 0 bridgehead atoms. The van der Waals surface area contributed by atoms with Crippen molar-refractivity contribution in [1.29, 1.82) is 0 Å². The van der Waals surface area contributed by atoms with Crippen LogP contribution in [0.1, 0.15) is 11.1 Å². The Kier molecular flexibility index (Phi) is 5.03. The fraction of sp³-hybridized carbons (Fsp3) is 0.0714. The molecule has 3 N–H and O–H groups in total. The van der Waals surface area contributed by atoms with Gasteiger partial charge >= 0.3 is 0 Å². The van der Waals surface area contributed by atoms with Gasteiger partial charge in [-0.15, -0.1) is 0 Å². The highest BCUT2D eigenvalue weighted by atomic mass is 79.9. The van der Waals surface area contributed by atoms with Crippen LogP contribution < -0.4 is 10.5 Å². The van der Waals surface area contributed by atoms with E-state index in [0.29, 0.717) is 16.3 Å². The number of benzene rings is 2. The minimum absolute atomic E-state index is 0.104. The Hall–Kier alpha value is -1.79. The zero-order chi connectivity index (χ0) is 15.4. The maximum atomic E-state index is 13.3. The van der Waals surface area contributed by atoms with E-state index < -0.39 is 5.82 Å². The van der Waals surface area contributed by atoms with Gasteiger partial charge in [0.15, 0.2) is 5.84 Å². The van der Waals surface area contributed by atoms with Gasteiger partial charge in [-0.3, -0.25) is 0 Å². The van der Waals surface area contributed by atoms with Crippen LogP contribution in [-0.4, -0.2) is 11.0 Å². The lowest BCUT2D eigenvalue weighted by Gasteiger charge is -2.11. The van der Waals surface area contributed by atoms with Gasteiger partial charge in [-0.25, -0.2) is 4.39 Å². The first kappa shape index (κ1) is 15.6. The van der Waals surface area contributed by atoms with Crippen molar-refractivity contribution in [2.24, 2.45) is 10.9 Å². The summed E-state index contributed by atoms with van der Waals surface area (Å²) in [6.07, 6.45) is 0. The van der Waals surface area contributed by atoms with Gasteiger partial charge in [0.05, 0.1) is 5.02 Å². The number of hydrogen-bond acceptors (Lipinski definition) is 3. The summed E-state index contributed by atoms with van der Waals surface area (Å²) in [6, 6.07) is 9.16. The van der Waals surface area contributed by atoms with Crippen molar-refractivity contribution < 1.29 is 14.3 Å². The molecule has 0 radical (unpaired) electrons. The van der Waals surface area contributed by atoms with E-state index in [1.54, 1.807) is 18.2 Å². The molecule has 0 fully saturated rings. The summed E-state index contributed by atoms with van der Waals surface area (Å²) in [6.45, 7) is 0.104. The molecule has 0 unspecified atom stereocenters. The molecule has 0 saturated carbocycles. The third kappa shape index (κ3) is 3.86. The minimum atomic E-state index is -0.484. The summed E-state index contributed by atoms with van der Waals surface area (Å²) in [5.74, 6) is -0.188. The molecule has 2 aromatic carbocycles. The molecule has 110 valence electrons. The number of nitrogens with two attached hydrogens (primary N) is 1. The first-order valence-electron chi connectivity index (χ1n) is 5.85. The molecule has 21 heavy (non-hydrogen) atoms. The Morgan fingerprint density at radius 3 is 2.76 bits per heavy atom. The lowest BCUT2D eigenvalue weighted by molar-refractivity contribution is 0.305. The molecule has 7 heteroatoms. The molecule has 0 aliphatic carbocycles. The molecule has 0 heterocycles. The topological polar surface area (TPSA) is 67.8 Å². The molecule has 0 atom stereocenters. The first-order valence-corrected chi connectivity index (χ1v) is 7.02. The molecule has 0 aliphatic rings. The minimum Gasteiger partial charge on any atom is -0.487 e. The summed E-state index contributed by atoms with van der Waals surface area (Å²) >= 11 is 9.35. The van der Waals surface area contributed by atoms with Gasteiger partial charge in [-0.2, -0.15) is 0 Å². The van der Waals surface area contributed by atoms with E-state index in [1.165, 1.54) is 18.2 Å². The lowest BCUT2D eigenvalue weighted by Crippen LogP contribution is -2.17. The maximum absolute atomic E-state index is 13.3. The highest BCUT2D eigenvalue weighted by molar-refractivity contribution is 9.10. The average molecular weight is 374 g/mol. The van der Waals surface area contributed by atoms with E-state index in [1.807, 2.05) is 0 Å². The lowest BCUT2D eigenvalue weighted by atomic mass is 10.1. The number of hydrogen-bond donors (Lipinski definition) is 2. The summed E-state index contributed by atoms with van der Waals surface area (Å²) in [5.41, 5.74) is 6.37. The summed E-state index contributed by atoms with van der Waals surface area (Å²) < 4.78 is 19.7. The summed E-state index contributed by atoms with van der Waals surface area (Å²) in [5, 5.41) is 12.1. The Balaban J connectivity index is 2.24. The smallest absolute Gasteiger partial charge is 0.170 e. The Morgan fingerprint density at radius 1 is 1.33 bits per heavy atom. The highest BCUT2D eigenvalue weighted by Gasteiger charge is 2.10. The van der Waals surface area contributed by atoms with Gasteiger partial charge in [0.25, 0.3) is 0 Å². The SMILES string of the molecule is NC(=NO)c1cc(F)ccc1COc1ccc(Br)cc1Cl. The highest BCUT2D eigenvalue weighted by Crippen LogP contribution is 2.28. The first-order chi connectivity index (χ1) is 10.0. The van der Waals surface area contributed by atoms with Crippen molar-refractivity contribution in [3.63, 3.8) is 0 Å². The van der Waals surface area contributed by atoms with Crippen molar-refractivity contribution in [2.45, 2.75) is 6.61 Å². The third-order valence-corrected chi connectivity index (χ3v) is 3.52. The van der Waals surface area contributed by atoms with Crippen LogP contribution >= 0.6 is 27.5 Å². The third-order valence-electron chi connectivity index (χ3n) is 2.73. The molecule has 2 rings (SSSR count). The number of amidine groups is 1. The van der Waals surface area contributed by atoms with Gasteiger partial charge < -0.3 is 15.7 Å². The number of oxime groups is 1. The van der Waals surface area contributed by atoms with Crippen LogP contribution in [0.5, 0.6) is 5.75 Å². The Morgan fingerprint density at radius 2 is 2.10 bits per heavy atom. The monoisotopic (exact) mass is 372 g/mol. The molecule has 4 nitrogen and oxygen atoms in total. The van der Waals surface area contributed by atoms with E-state index in [2.05, 4.69) is 21.1 Å². The van der Waals surface area contributed by atoms with Crippen LogP contribution in [0.2, 0.25) is 5.02 Å². The fourth-order valence-corrected chi connectivity index (χ4v) is 2.44. The molecule has 2 aromatic rings. The number of ether oxygens (including phenoxy) is 1. The number of halogens is 3. The maximum Gasteiger partial charge on any atom is 0.170 e. The van der Waals surface area contributed by atoms with E-state index in [9.17, 15) is 4.39 Å². The zero-order valence-electron chi connectivity index (χ0n) is 10.7. The second-order valence-corrected chi connectivity index (χ2v) is 5.47. The van der Waals surface area contributed by atoms with Crippen molar-refractivity contribution in [3.05, 3.63) is 62.8 Å². The zero-order valence-corrected chi connectivity index (χ0v) is 13.0. The van der Waals surface area contributed by atoms with Crippen molar-refractivity contribution in [2.75, 3.05) is 0 Å². The molecule has 0 spiro atoms. The van der Waals surface area contributed by atoms with Crippen LogP contribution in [0, 0.1) is 5.82 Å². The van der Waals surface area contributed by atoms with Crippen LogP contribution in [-0.2, 0) is 6.61 Å². The molecular weight excluding hydrogens is 363 g/mol. The number of nitrogens with zero attached hydrogens (tertiary/aromatic N) is 1. The van der Waals surface area contributed by atoms with Crippen LogP contribution in [0.25, 0.3) is 0 Å². The van der Waals surface area contributed by atoms with E-state index in [4.69, 9.17) is 27.3 Å². The van der Waals surface area contributed by atoms with Gasteiger partial charge in [0.2, 0.25) is 0 Å². The van der Waals surface area contributed by atoms with Gasteiger partial charge in [-0.05, 0) is 30.3 Å². The van der Waals surface area contributed by atoms with Crippen LogP contribution in [0.4, 0.5) is 4.39 Å². The van der Waals surface area contributed by atoms with Crippen molar-refractivity contribution >= 4 is 33.4 Å².